The number of piperazine rings is 1. The molecule has 124 valence electrons. The van der Waals surface area contributed by atoms with Gasteiger partial charge in [-0.2, -0.15) is 0 Å². The van der Waals surface area contributed by atoms with Crippen molar-refractivity contribution in [3.05, 3.63) is 11.6 Å². The third-order valence-electron chi connectivity index (χ3n) is 4.24. The fourth-order valence-corrected chi connectivity index (χ4v) is 3.01. The highest BCUT2D eigenvalue weighted by atomic mass is 16.5. The minimum atomic E-state index is -0.306. The van der Waals surface area contributed by atoms with Crippen molar-refractivity contribution in [1.29, 1.82) is 0 Å². The molecule has 22 heavy (non-hydrogen) atoms. The second kappa shape index (κ2) is 7.74. The van der Waals surface area contributed by atoms with Gasteiger partial charge in [-0.25, -0.2) is 4.79 Å². The number of rotatable bonds is 6. The zero-order valence-corrected chi connectivity index (χ0v) is 13.6. The molecule has 0 radical (unpaired) electrons. The maximum Gasteiger partial charge on any atom is 0.333 e. The molecule has 0 spiro atoms. The normalized spacial score (nSPS) is 27.9. The third-order valence-corrected chi connectivity index (χ3v) is 4.24. The van der Waals surface area contributed by atoms with Crippen LogP contribution in [0.2, 0.25) is 0 Å². The Labute approximate surface area is 131 Å². The van der Waals surface area contributed by atoms with Gasteiger partial charge in [-0.15, -0.1) is 0 Å². The van der Waals surface area contributed by atoms with Gasteiger partial charge in [0, 0.05) is 11.6 Å². The van der Waals surface area contributed by atoms with Gasteiger partial charge in [0.25, 0.3) is 0 Å². The number of ether oxygens (including phenoxy) is 2. The van der Waals surface area contributed by atoms with Crippen LogP contribution < -0.4 is 10.6 Å². The standard InChI is InChI=1S/C16H26N2O4/c1-4-11(5-2)22-13-8-10(16(20)21-6-3)7-12-15(13)18-14(19)9-17-12/h8,11-13,15,17H,4-7,9H2,1-3H3,(H,18,19)/t12-,13+,15+/m0/s1. The Morgan fingerprint density at radius 1 is 1.36 bits per heavy atom. The van der Waals surface area contributed by atoms with Crippen LogP contribution in [0.4, 0.5) is 0 Å². The zero-order valence-electron chi connectivity index (χ0n) is 13.6. The average molecular weight is 310 g/mol. The van der Waals surface area contributed by atoms with Crippen molar-refractivity contribution in [3.63, 3.8) is 0 Å². The van der Waals surface area contributed by atoms with Crippen molar-refractivity contribution >= 4 is 11.9 Å². The van der Waals surface area contributed by atoms with Crippen LogP contribution in [-0.4, -0.2) is 49.3 Å². The molecule has 0 saturated carbocycles. The van der Waals surface area contributed by atoms with Crippen molar-refractivity contribution in [3.8, 4) is 0 Å². The second-order valence-corrected chi connectivity index (χ2v) is 5.74. The van der Waals surface area contributed by atoms with Gasteiger partial charge >= 0.3 is 5.97 Å². The highest BCUT2D eigenvalue weighted by Gasteiger charge is 2.40. The van der Waals surface area contributed by atoms with E-state index in [0.29, 0.717) is 18.6 Å². The Hall–Kier alpha value is -1.40. The number of hydrogen-bond acceptors (Lipinski definition) is 5. The number of carbonyl (C=O) groups excluding carboxylic acids is 2. The Morgan fingerprint density at radius 3 is 2.73 bits per heavy atom. The number of hydrogen-bond donors (Lipinski definition) is 2. The number of carbonyl (C=O) groups is 2. The van der Waals surface area contributed by atoms with E-state index in [9.17, 15) is 9.59 Å². The van der Waals surface area contributed by atoms with Crippen LogP contribution in [0.3, 0.4) is 0 Å². The molecule has 0 unspecified atom stereocenters. The van der Waals surface area contributed by atoms with Gasteiger partial charge in [-0.1, -0.05) is 13.8 Å². The van der Waals surface area contributed by atoms with Crippen molar-refractivity contribution < 1.29 is 19.1 Å². The monoisotopic (exact) mass is 310 g/mol. The summed E-state index contributed by atoms with van der Waals surface area (Å²) < 4.78 is 11.2. The summed E-state index contributed by atoms with van der Waals surface area (Å²) in [6.07, 6.45) is 3.97. The van der Waals surface area contributed by atoms with Crippen molar-refractivity contribution in [2.24, 2.45) is 0 Å². The number of nitrogens with one attached hydrogen (secondary N) is 2. The van der Waals surface area contributed by atoms with Gasteiger partial charge in [0.1, 0.15) is 0 Å². The highest BCUT2D eigenvalue weighted by Crippen LogP contribution is 2.26. The molecule has 1 fully saturated rings. The molecule has 1 saturated heterocycles. The molecule has 1 aliphatic heterocycles. The van der Waals surface area contributed by atoms with Crippen LogP contribution in [0.15, 0.2) is 11.6 Å². The predicted octanol–water partition coefficient (Wildman–Crippen LogP) is 0.910. The van der Waals surface area contributed by atoms with Crippen LogP contribution in [0.1, 0.15) is 40.0 Å². The SMILES string of the molecule is CCOC(=O)C1=C[C@@H](OC(CC)CC)[C@@H]2NC(=O)CN[C@H]2C1. The van der Waals surface area contributed by atoms with Gasteiger partial charge in [0.2, 0.25) is 5.91 Å². The van der Waals surface area contributed by atoms with Gasteiger partial charge in [0.15, 0.2) is 0 Å². The van der Waals surface area contributed by atoms with Gasteiger partial charge in [-0.05, 0) is 32.3 Å². The smallest absolute Gasteiger partial charge is 0.333 e. The average Bonchev–Trinajstić information content (AvgIpc) is 2.52. The predicted molar refractivity (Wildman–Crippen MR) is 82.3 cm³/mol. The van der Waals surface area contributed by atoms with Crippen LogP contribution in [-0.2, 0) is 19.1 Å². The molecule has 6 nitrogen and oxygen atoms in total. The van der Waals surface area contributed by atoms with E-state index >= 15 is 0 Å². The summed E-state index contributed by atoms with van der Waals surface area (Å²) in [6, 6.07) is -0.138. The van der Waals surface area contributed by atoms with Crippen molar-refractivity contribution in [2.75, 3.05) is 13.2 Å². The minimum Gasteiger partial charge on any atom is -0.463 e. The molecule has 1 heterocycles. The maximum absolute atomic E-state index is 12.0. The molecule has 3 atom stereocenters. The molecule has 1 aliphatic carbocycles. The molecule has 2 rings (SSSR count). The van der Waals surface area contributed by atoms with E-state index in [2.05, 4.69) is 24.5 Å². The summed E-state index contributed by atoms with van der Waals surface area (Å²) in [5, 5.41) is 6.19. The van der Waals surface area contributed by atoms with Crippen molar-refractivity contribution in [2.45, 2.75) is 64.3 Å². The number of fused-ring (bicyclic) bond motifs is 1. The highest BCUT2D eigenvalue weighted by molar-refractivity contribution is 5.89. The van der Waals surface area contributed by atoms with E-state index in [0.717, 1.165) is 12.8 Å². The van der Waals surface area contributed by atoms with Crippen LogP contribution in [0.5, 0.6) is 0 Å². The quantitative estimate of drug-likeness (QED) is 0.713. The first-order valence-corrected chi connectivity index (χ1v) is 8.15. The Kier molecular flexibility index (Phi) is 5.97. The molecule has 2 N–H and O–H groups in total. The van der Waals surface area contributed by atoms with Crippen LogP contribution in [0.25, 0.3) is 0 Å². The maximum atomic E-state index is 12.0. The lowest BCUT2D eigenvalue weighted by Gasteiger charge is -2.41. The molecular weight excluding hydrogens is 284 g/mol. The molecule has 2 aliphatic rings. The Bertz CT molecular complexity index is 445. The molecular formula is C16H26N2O4. The molecule has 6 heteroatoms. The number of amides is 1. The molecule has 0 aromatic carbocycles. The first kappa shape index (κ1) is 17.0. The molecule has 1 amide bonds. The van der Waals surface area contributed by atoms with E-state index in [1.807, 2.05) is 6.08 Å². The van der Waals surface area contributed by atoms with E-state index in [4.69, 9.17) is 9.47 Å². The number of esters is 1. The van der Waals surface area contributed by atoms with E-state index in [-0.39, 0.29) is 42.7 Å². The zero-order chi connectivity index (χ0) is 16.1. The lowest BCUT2D eigenvalue weighted by molar-refractivity contribution is -0.139. The Balaban J connectivity index is 2.19. The van der Waals surface area contributed by atoms with Gasteiger partial charge in [-0.3, -0.25) is 4.79 Å². The van der Waals surface area contributed by atoms with Gasteiger partial charge < -0.3 is 20.1 Å². The van der Waals surface area contributed by atoms with E-state index < -0.39 is 0 Å². The van der Waals surface area contributed by atoms with Gasteiger partial charge in [0.05, 0.1) is 31.4 Å². The lowest BCUT2D eigenvalue weighted by Crippen LogP contribution is -2.65. The lowest BCUT2D eigenvalue weighted by atomic mass is 9.86. The first-order valence-electron chi connectivity index (χ1n) is 8.15. The summed E-state index contributed by atoms with van der Waals surface area (Å²) in [7, 11) is 0. The fourth-order valence-electron chi connectivity index (χ4n) is 3.01. The topological polar surface area (TPSA) is 76.7 Å². The summed E-state index contributed by atoms with van der Waals surface area (Å²) in [6.45, 7) is 6.56. The summed E-state index contributed by atoms with van der Waals surface area (Å²) in [5.74, 6) is -0.329. The minimum absolute atomic E-state index is 0.00136. The fraction of sp³-hybridized carbons (Fsp3) is 0.750. The summed E-state index contributed by atoms with van der Waals surface area (Å²) in [4.78, 5) is 23.7. The third kappa shape index (κ3) is 3.87. The van der Waals surface area contributed by atoms with E-state index in [1.165, 1.54) is 0 Å². The van der Waals surface area contributed by atoms with Crippen LogP contribution >= 0.6 is 0 Å². The molecule has 0 aromatic rings. The Morgan fingerprint density at radius 2 is 2.09 bits per heavy atom. The summed E-state index contributed by atoms with van der Waals surface area (Å²) >= 11 is 0. The largest absolute Gasteiger partial charge is 0.463 e. The van der Waals surface area contributed by atoms with Crippen molar-refractivity contribution in [1.82, 2.24) is 10.6 Å². The van der Waals surface area contributed by atoms with E-state index in [1.54, 1.807) is 6.92 Å². The summed E-state index contributed by atoms with van der Waals surface area (Å²) in [5.41, 5.74) is 0.628. The molecule has 0 bridgehead atoms. The second-order valence-electron chi connectivity index (χ2n) is 5.74. The van der Waals surface area contributed by atoms with Crippen LogP contribution in [0, 0.1) is 0 Å². The first-order chi connectivity index (χ1) is 10.6. The molecule has 0 aromatic heterocycles.